The highest BCUT2D eigenvalue weighted by Crippen LogP contribution is 2.28. The van der Waals surface area contributed by atoms with E-state index in [9.17, 15) is 20.0 Å². The molecule has 0 bridgehead atoms. The van der Waals surface area contributed by atoms with Crippen LogP contribution in [0.2, 0.25) is 0 Å². The van der Waals surface area contributed by atoms with Gasteiger partial charge in [-0.05, 0) is 25.3 Å². The number of ether oxygens (including phenoxy) is 1. The first-order chi connectivity index (χ1) is 9.94. The van der Waals surface area contributed by atoms with Crippen LogP contribution in [0.3, 0.4) is 0 Å². The topological polar surface area (TPSA) is 102 Å². The molecule has 8 heteroatoms. The molecular formula is C13H18N2O5S. The van der Waals surface area contributed by atoms with Crippen LogP contribution in [0.4, 0.5) is 11.4 Å². The maximum atomic E-state index is 11.5. The summed E-state index contributed by atoms with van der Waals surface area (Å²) in [6, 6.07) is 3.78. The molecule has 0 aliphatic rings. The summed E-state index contributed by atoms with van der Waals surface area (Å²) in [4.78, 5) is 22.0. The van der Waals surface area contributed by atoms with Gasteiger partial charge in [-0.25, -0.2) is 4.79 Å². The lowest BCUT2D eigenvalue weighted by Gasteiger charge is -2.22. The molecule has 0 fully saturated rings. The van der Waals surface area contributed by atoms with Crippen molar-refractivity contribution in [2.75, 3.05) is 25.3 Å². The fraction of sp³-hybridized carbons (Fsp3) is 0.462. The fourth-order valence-electron chi connectivity index (χ4n) is 1.83. The lowest BCUT2D eigenvalue weighted by Crippen LogP contribution is -2.31. The van der Waals surface area contributed by atoms with Crippen molar-refractivity contribution in [3.8, 4) is 0 Å². The van der Waals surface area contributed by atoms with Crippen LogP contribution in [0.25, 0.3) is 0 Å². The molecule has 7 nitrogen and oxygen atoms in total. The minimum absolute atomic E-state index is 0.0557. The number of aliphatic hydroxyl groups excluding tert-OH is 1. The summed E-state index contributed by atoms with van der Waals surface area (Å²) in [6.45, 7) is 1.76. The number of nitro groups is 1. The van der Waals surface area contributed by atoms with E-state index < -0.39 is 10.9 Å². The maximum absolute atomic E-state index is 11.5. The summed E-state index contributed by atoms with van der Waals surface area (Å²) in [5.41, 5.74) is 0.317. The number of anilines is 1. The Balaban J connectivity index is 3.11. The summed E-state index contributed by atoms with van der Waals surface area (Å²) < 4.78 is 4.61. The first kappa shape index (κ1) is 17.3. The summed E-state index contributed by atoms with van der Waals surface area (Å²) in [6.07, 6.45) is 1.85. The van der Waals surface area contributed by atoms with Gasteiger partial charge in [-0.2, -0.15) is 11.8 Å². The minimum atomic E-state index is -0.566. The van der Waals surface area contributed by atoms with Gasteiger partial charge in [0.05, 0.1) is 24.2 Å². The van der Waals surface area contributed by atoms with Gasteiger partial charge in [0, 0.05) is 17.4 Å². The third kappa shape index (κ3) is 4.33. The zero-order valence-corrected chi connectivity index (χ0v) is 12.8. The number of benzene rings is 1. The molecule has 21 heavy (non-hydrogen) atoms. The van der Waals surface area contributed by atoms with Crippen molar-refractivity contribution < 1.29 is 19.6 Å². The van der Waals surface area contributed by atoms with Crippen molar-refractivity contribution in [2.45, 2.75) is 18.2 Å². The van der Waals surface area contributed by atoms with Crippen LogP contribution in [0.1, 0.15) is 17.3 Å². The second-order valence-corrected chi connectivity index (χ2v) is 5.45. The molecule has 0 aliphatic heterocycles. The van der Waals surface area contributed by atoms with Crippen LogP contribution in [0.5, 0.6) is 0 Å². The summed E-state index contributed by atoms with van der Waals surface area (Å²) in [5, 5.41) is 23.2. The van der Waals surface area contributed by atoms with E-state index in [0.717, 1.165) is 0 Å². The van der Waals surface area contributed by atoms with Crippen molar-refractivity contribution in [3.05, 3.63) is 33.9 Å². The third-order valence-corrected chi connectivity index (χ3v) is 4.20. The average Bonchev–Trinajstić information content (AvgIpc) is 2.47. The molecule has 1 rings (SSSR count). The molecule has 116 valence electrons. The molecule has 0 saturated carbocycles. The quantitative estimate of drug-likeness (QED) is 0.450. The van der Waals surface area contributed by atoms with Crippen LogP contribution in [-0.4, -0.2) is 47.3 Å². The van der Waals surface area contributed by atoms with Crippen molar-refractivity contribution in [2.24, 2.45) is 0 Å². The number of aliphatic hydroxyl groups is 1. The molecule has 0 amide bonds. The van der Waals surface area contributed by atoms with Crippen LogP contribution in [0, 0.1) is 10.1 Å². The summed E-state index contributed by atoms with van der Waals surface area (Å²) in [7, 11) is 1.25. The molecule has 2 atom stereocenters. The number of carbonyl (C=O) groups excluding carboxylic acids is 1. The number of methoxy groups -OCH3 is 1. The molecule has 0 heterocycles. The minimum Gasteiger partial charge on any atom is -0.465 e. The number of esters is 1. The van der Waals surface area contributed by atoms with E-state index in [1.54, 1.807) is 0 Å². The number of thioether (sulfide) groups is 1. The summed E-state index contributed by atoms with van der Waals surface area (Å²) >= 11 is 1.45. The Morgan fingerprint density at radius 1 is 1.57 bits per heavy atom. The highest BCUT2D eigenvalue weighted by molar-refractivity contribution is 7.99. The molecule has 0 aliphatic carbocycles. The monoisotopic (exact) mass is 314 g/mol. The molecular weight excluding hydrogens is 296 g/mol. The van der Waals surface area contributed by atoms with E-state index >= 15 is 0 Å². The lowest BCUT2D eigenvalue weighted by atomic mass is 10.1. The van der Waals surface area contributed by atoms with Crippen LogP contribution >= 0.6 is 11.8 Å². The number of hydrogen-bond donors (Lipinski definition) is 2. The molecule has 0 radical (unpaired) electrons. The Bertz CT molecular complexity index is 519. The van der Waals surface area contributed by atoms with Crippen molar-refractivity contribution in [1.29, 1.82) is 0 Å². The smallest absolute Gasteiger partial charge is 0.337 e. The molecule has 1 aromatic rings. The normalized spacial score (nSPS) is 13.3. The first-order valence-electron chi connectivity index (χ1n) is 6.21. The van der Waals surface area contributed by atoms with Crippen LogP contribution in [-0.2, 0) is 4.74 Å². The maximum Gasteiger partial charge on any atom is 0.337 e. The number of nitro benzene ring substituents is 1. The van der Waals surface area contributed by atoms with E-state index in [4.69, 9.17) is 0 Å². The Hall–Kier alpha value is -1.80. The fourth-order valence-corrected chi connectivity index (χ4v) is 2.46. The first-order valence-corrected chi connectivity index (χ1v) is 7.50. The van der Waals surface area contributed by atoms with Gasteiger partial charge in [-0.3, -0.25) is 10.1 Å². The third-order valence-electron chi connectivity index (χ3n) is 3.04. The molecule has 0 aromatic heterocycles. The van der Waals surface area contributed by atoms with Crippen LogP contribution in [0.15, 0.2) is 18.2 Å². The van der Waals surface area contributed by atoms with E-state index in [0.29, 0.717) is 0 Å². The molecule has 1 aromatic carbocycles. The number of hydrogen-bond acceptors (Lipinski definition) is 7. The number of nitrogens with one attached hydrogen (secondary N) is 1. The Kier molecular flexibility index (Phi) is 6.44. The van der Waals surface area contributed by atoms with Gasteiger partial charge in [0.2, 0.25) is 0 Å². The summed E-state index contributed by atoms with van der Waals surface area (Å²) in [5.74, 6) is -0.566. The van der Waals surface area contributed by atoms with Crippen LogP contribution < -0.4 is 5.32 Å². The van der Waals surface area contributed by atoms with Crippen molar-refractivity contribution in [3.63, 3.8) is 0 Å². The second-order valence-electron chi connectivity index (χ2n) is 4.37. The van der Waals surface area contributed by atoms with Crippen molar-refractivity contribution in [1.82, 2.24) is 0 Å². The van der Waals surface area contributed by atoms with Gasteiger partial charge in [0.15, 0.2) is 0 Å². The lowest BCUT2D eigenvalue weighted by molar-refractivity contribution is -0.384. The van der Waals surface area contributed by atoms with E-state index in [1.807, 2.05) is 13.2 Å². The predicted octanol–water partition coefficient (Wildman–Crippen LogP) is 1.91. The zero-order valence-electron chi connectivity index (χ0n) is 12.0. The Morgan fingerprint density at radius 3 is 2.71 bits per heavy atom. The van der Waals surface area contributed by atoms with E-state index in [2.05, 4.69) is 10.1 Å². The average molecular weight is 314 g/mol. The predicted molar refractivity (Wildman–Crippen MR) is 81.9 cm³/mol. The van der Waals surface area contributed by atoms with Gasteiger partial charge in [0.1, 0.15) is 5.69 Å². The number of rotatable bonds is 7. The SMILES string of the molecule is COC(=O)c1ccc([N+](=O)[O-])c(NC(C)C(CO)SC)c1. The molecule has 0 spiro atoms. The largest absolute Gasteiger partial charge is 0.465 e. The second kappa shape index (κ2) is 7.84. The molecule has 2 unspecified atom stereocenters. The Morgan fingerprint density at radius 2 is 2.24 bits per heavy atom. The molecule has 0 saturated heterocycles. The van der Waals surface area contributed by atoms with Gasteiger partial charge in [-0.1, -0.05) is 0 Å². The zero-order chi connectivity index (χ0) is 16.0. The van der Waals surface area contributed by atoms with Gasteiger partial charge >= 0.3 is 5.97 Å². The van der Waals surface area contributed by atoms with Gasteiger partial charge < -0.3 is 15.2 Å². The standard InChI is InChI=1S/C13H18N2O5S/c1-8(12(7-16)21-3)14-10-6-9(13(17)20-2)4-5-11(10)15(18)19/h4-6,8,12,14,16H,7H2,1-3H3. The van der Waals surface area contributed by atoms with E-state index in [1.165, 1.54) is 37.1 Å². The number of carbonyl (C=O) groups is 1. The highest BCUT2D eigenvalue weighted by Gasteiger charge is 2.21. The van der Waals surface area contributed by atoms with E-state index in [-0.39, 0.29) is 34.8 Å². The van der Waals surface area contributed by atoms with Gasteiger partial charge in [0.25, 0.3) is 5.69 Å². The highest BCUT2D eigenvalue weighted by atomic mass is 32.2. The number of nitrogens with zero attached hydrogens (tertiary/aromatic N) is 1. The molecule has 2 N–H and O–H groups in total. The van der Waals surface area contributed by atoms with Gasteiger partial charge in [-0.15, -0.1) is 0 Å². The Labute approximate surface area is 126 Å². The van der Waals surface area contributed by atoms with Crippen molar-refractivity contribution >= 4 is 29.1 Å².